The fourth-order valence-electron chi connectivity index (χ4n) is 1.41. The summed E-state index contributed by atoms with van der Waals surface area (Å²) >= 11 is 0. The SMILES string of the molecule is Cc1cc2n(c1)CCNC2=O. The zero-order chi connectivity index (χ0) is 7.84. The van der Waals surface area contributed by atoms with Crippen LogP contribution in [0.25, 0.3) is 0 Å². The van der Waals surface area contributed by atoms with Crippen LogP contribution in [-0.2, 0) is 6.54 Å². The second kappa shape index (κ2) is 2.12. The number of carbonyl (C=O) groups excluding carboxylic acids is 1. The van der Waals surface area contributed by atoms with Gasteiger partial charge < -0.3 is 9.88 Å². The molecule has 0 bridgehead atoms. The lowest BCUT2D eigenvalue weighted by molar-refractivity contribution is 0.0928. The number of hydrogen-bond donors (Lipinski definition) is 1. The first-order chi connectivity index (χ1) is 5.27. The van der Waals surface area contributed by atoms with Crippen molar-refractivity contribution >= 4 is 5.91 Å². The van der Waals surface area contributed by atoms with Gasteiger partial charge >= 0.3 is 0 Å². The van der Waals surface area contributed by atoms with Crippen molar-refractivity contribution < 1.29 is 4.79 Å². The molecule has 3 heteroatoms. The molecule has 1 aliphatic rings. The molecule has 0 atom stereocenters. The monoisotopic (exact) mass is 150 g/mol. The lowest BCUT2D eigenvalue weighted by Crippen LogP contribution is -2.34. The second-order valence-corrected chi connectivity index (χ2v) is 2.85. The third-order valence-electron chi connectivity index (χ3n) is 1.90. The predicted molar refractivity (Wildman–Crippen MR) is 41.5 cm³/mol. The van der Waals surface area contributed by atoms with E-state index in [4.69, 9.17) is 0 Å². The Morgan fingerprint density at radius 3 is 3.18 bits per heavy atom. The van der Waals surface area contributed by atoms with Crippen LogP contribution in [0.5, 0.6) is 0 Å². The van der Waals surface area contributed by atoms with Crippen LogP contribution in [0.2, 0.25) is 0 Å². The van der Waals surface area contributed by atoms with E-state index in [2.05, 4.69) is 5.32 Å². The topological polar surface area (TPSA) is 34.0 Å². The Labute approximate surface area is 65.0 Å². The van der Waals surface area contributed by atoms with Crippen LogP contribution >= 0.6 is 0 Å². The van der Waals surface area contributed by atoms with Crippen LogP contribution in [0.15, 0.2) is 12.3 Å². The standard InChI is InChI=1S/C8H10N2O/c1-6-4-7-8(11)9-2-3-10(7)5-6/h4-5H,2-3H2,1H3,(H,9,11). The number of carbonyl (C=O) groups is 1. The number of nitrogens with one attached hydrogen (secondary N) is 1. The maximum atomic E-state index is 11.2. The first-order valence-corrected chi connectivity index (χ1v) is 3.72. The van der Waals surface area contributed by atoms with Crippen LogP contribution in [-0.4, -0.2) is 17.0 Å². The molecule has 0 unspecified atom stereocenters. The molecule has 2 heterocycles. The van der Waals surface area contributed by atoms with Gasteiger partial charge in [0, 0.05) is 19.3 Å². The quantitative estimate of drug-likeness (QED) is 0.575. The van der Waals surface area contributed by atoms with Gasteiger partial charge in [0.05, 0.1) is 0 Å². The van der Waals surface area contributed by atoms with Gasteiger partial charge in [-0.1, -0.05) is 0 Å². The molecule has 0 aliphatic carbocycles. The Morgan fingerprint density at radius 1 is 1.64 bits per heavy atom. The van der Waals surface area contributed by atoms with Crippen molar-refractivity contribution in [1.82, 2.24) is 9.88 Å². The molecule has 0 saturated carbocycles. The minimum absolute atomic E-state index is 0.0457. The molecular weight excluding hydrogens is 140 g/mol. The van der Waals surface area contributed by atoms with E-state index in [1.54, 1.807) is 0 Å². The lowest BCUT2D eigenvalue weighted by atomic mass is 10.3. The van der Waals surface area contributed by atoms with E-state index in [-0.39, 0.29) is 5.91 Å². The normalized spacial score (nSPS) is 15.9. The van der Waals surface area contributed by atoms with Gasteiger partial charge in [-0.3, -0.25) is 4.79 Å². The summed E-state index contributed by atoms with van der Waals surface area (Å²) in [6, 6.07) is 1.91. The van der Waals surface area contributed by atoms with Crippen LogP contribution < -0.4 is 5.32 Å². The smallest absolute Gasteiger partial charge is 0.267 e. The molecule has 0 saturated heterocycles. The zero-order valence-electron chi connectivity index (χ0n) is 6.42. The Balaban J connectivity index is 2.52. The number of nitrogens with zero attached hydrogens (tertiary/aromatic N) is 1. The molecule has 2 rings (SSSR count). The van der Waals surface area contributed by atoms with Gasteiger partial charge in [-0.25, -0.2) is 0 Å². The van der Waals surface area contributed by atoms with Gasteiger partial charge in [-0.2, -0.15) is 0 Å². The summed E-state index contributed by atoms with van der Waals surface area (Å²) in [5.41, 5.74) is 1.94. The minimum Gasteiger partial charge on any atom is -0.349 e. The summed E-state index contributed by atoms with van der Waals surface area (Å²) in [5, 5.41) is 2.79. The number of aromatic nitrogens is 1. The third-order valence-corrected chi connectivity index (χ3v) is 1.90. The molecule has 58 valence electrons. The fourth-order valence-corrected chi connectivity index (χ4v) is 1.41. The minimum atomic E-state index is 0.0457. The Bertz CT molecular complexity index is 301. The molecule has 11 heavy (non-hydrogen) atoms. The van der Waals surface area contributed by atoms with Gasteiger partial charge in [0.25, 0.3) is 5.91 Å². The maximum absolute atomic E-state index is 11.2. The highest BCUT2D eigenvalue weighted by Crippen LogP contribution is 2.09. The highest BCUT2D eigenvalue weighted by Gasteiger charge is 2.15. The van der Waals surface area contributed by atoms with Crippen molar-refractivity contribution in [2.75, 3.05) is 6.54 Å². The van der Waals surface area contributed by atoms with Gasteiger partial charge in [-0.15, -0.1) is 0 Å². The number of fused-ring (bicyclic) bond motifs is 1. The Kier molecular flexibility index (Phi) is 1.24. The van der Waals surface area contributed by atoms with Gasteiger partial charge in [-0.05, 0) is 18.6 Å². The molecule has 1 aromatic rings. The van der Waals surface area contributed by atoms with Gasteiger partial charge in [0.2, 0.25) is 0 Å². The molecule has 0 radical (unpaired) electrons. The van der Waals surface area contributed by atoms with Crippen LogP contribution in [0, 0.1) is 6.92 Å². The van der Waals surface area contributed by atoms with Crippen molar-refractivity contribution in [3.63, 3.8) is 0 Å². The van der Waals surface area contributed by atoms with Gasteiger partial charge in [0.15, 0.2) is 0 Å². The van der Waals surface area contributed by atoms with Crippen molar-refractivity contribution in [2.24, 2.45) is 0 Å². The van der Waals surface area contributed by atoms with E-state index < -0.39 is 0 Å². The van der Waals surface area contributed by atoms with E-state index in [1.165, 1.54) is 0 Å². The van der Waals surface area contributed by atoms with Crippen molar-refractivity contribution in [3.05, 3.63) is 23.5 Å². The van der Waals surface area contributed by atoms with Gasteiger partial charge in [0.1, 0.15) is 5.69 Å². The van der Waals surface area contributed by atoms with E-state index in [0.29, 0.717) is 0 Å². The summed E-state index contributed by atoms with van der Waals surface area (Å²) in [7, 11) is 0. The van der Waals surface area contributed by atoms with Crippen molar-refractivity contribution in [1.29, 1.82) is 0 Å². The molecule has 1 N–H and O–H groups in total. The Hall–Kier alpha value is -1.25. The molecule has 0 fully saturated rings. The fraction of sp³-hybridized carbons (Fsp3) is 0.375. The first-order valence-electron chi connectivity index (χ1n) is 3.72. The molecule has 1 aromatic heterocycles. The van der Waals surface area contributed by atoms with Crippen molar-refractivity contribution in [2.45, 2.75) is 13.5 Å². The second-order valence-electron chi connectivity index (χ2n) is 2.85. The largest absolute Gasteiger partial charge is 0.349 e. The molecule has 0 spiro atoms. The number of aryl methyl sites for hydroxylation is 1. The predicted octanol–water partition coefficient (Wildman–Crippen LogP) is 0.540. The number of hydrogen-bond acceptors (Lipinski definition) is 1. The zero-order valence-corrected chi connectivity index (χ0v) is 6.42. The molecular formula is C8H10N2O. The third kappa shape index (κ3) is 0.926. The van der Waals surface area contributed by atoms with Crippen LogP contribution in [0.3, 0.4) is 0 Å². The highest BCUT2D eigenvalue weighted by atomic mass is 16.2. The molecule has 3 nitrogen and oxygen atoms in total. The summed E-state index contributed by atoms with van der Waals surface area (Å²) in [6.45, 7) is 3.65. The highest BCUT2D eigenvalue weighted by molar-refractivity contribution is 5.93. The van der Waals surface area contributed by atoms with E-state index in [0.717, 1.165) is 24.3 Å². The summed E-state index contributed by atoms with van der Waals surface area (Å²) < 4.78 is 1.99. The average molecular weight is 150 g/mol. The van der Waals surface area contributed by atoms with Crippen LogP contribution in [0.1, 0.15) is 16.1 Å². The molecule has 1 amide bonds. The van der Waals surface area contributed by atoms with E-state index in [1.807, 2.05) is 23.8 Å². The number of amides is 1. The number of rotatable bonds is 0. The maximum Gasteiger partial charge on any atom is 0.267 e. The van der Waals surface area contributed by atoms with Crippen molar-refractivity contribution in [3.8, 4) is 0 Å². The summed E-state index contributed by atoms with van der Waals surface area (Å²) in [4.78, 5) is 11.2. The van der Waals surface area contributed by atoms with Crippen LogP contribution in [0.4, 0.5) is 0 Å². The summed E-state index contributed by atoms with van der Waals surface area (Å²) in [5.74, 6) is 0.0457. The molecule has 0 aromatic carbocycles. The lowest BCUT2D eigenvalue weighted by Gasteiger charge is -2.14. The first kappa shape index (κ1) is 6.46. The van der Waals surface area contributed by atoms with E-state index >= 15 is 0 Å². The summed E-state index contributed by atoms with van der Waals surface area (Å²) in [6.07, 6.45) is 2.01. The Morgan fingerprint density at radius 2 is 2.45 bits per heavy atom. The van der Waals surface area contributed by atoms with E-state index in [9.17, 15) is 4.79 Å². The molecule has 1 aliphatic heterocycles. The average Bonchev–Trinajstić information content (AvgIpc) is 2.31.